The Morgan fingerprint density at radius 2 is 1.63 bits per heavy atom. The zero-order valence-corrected chi connectivity index (χ0v) is 14.6. The second kappa shape index (κ2) is 6.61. The summed E-state index contributed by atoms with van der Waals surface area (Å²) in [5.41, 5.74) is 3.01. The van der Waals surface area contributed by atoms with E-state index in [0.29, 0.717) is 12.4 Å². The minimum atomic E-state index is 0.281. The highest BCUT2D eigenvalue weighted by Gasteiger charge is 2.14. The zero-order valence-electron chi connectivity index (χ0n) is 14.6. The number of benzene rings is 3. The summed E-state index contributed by atoms with van der Waals surface area (Å²) < 4.78 is 10.8. The van der Waals surface area contributed by atoms with Gasteiger partial charge in [0.25, 0.3) is 0 Å². The van der Waals surface area contributed by atoms with Gasteiger partial charge in [-0.3, -0.25) is 0 Å². The molecule has 0 fully saturated rings. The molecule has 1 aliphatic rings. The van der Waals surface area contributed by atoms with Gasteiger partial charge in [0.05, 0.1) is 5.52 Å². The maximum atomic E-state index is 5.46. The highest BCUT2D eigenvalue weighted by molar-refractivity contribution is 5.90. The van der Waals surface area contributed by atoms with Crippen LogP contribution >= 0.6 is 0 Å². The van der Waals surface area contributed by atoms with Crippen molar-refractivity contribution in [3.8, 4) is 22.9 Å². The van der Waals surface area contributed by atoms with Gasteiger partial charge in [0.2, 0.25) is 6.79 Å². The number of nitrogens with zero attached hydrogens (tertiary/aromatic N) is 2. The summed E-state index contributed by atoms with van der Waals surface area (Å²) in [5, 5.41) is 4.46. The Balaban J connectivity index is 1.50. The summed E-state index contributed by atoms with van der Waals surface area (Å²) in [6, 6.07) is 24.0. The van der Waals surface area contributed by atoms with Crippen LogP contribution in [-0.2, 0) is 6.54 Å². The van der Waals surface area contributed by atoms with E-state index in [9.17, 15) is 0 Å². The zero-order chi connectivity index (χ0) is 18.1. The molecule has 0 spiro atoms. The van der Waals surface area contributed by atoms with E-state index in [4.69, 9.17) is 19.4 Å². The first-order valence-corrected chi connectivity index (χ1v) is 8.81. The van der Waals surface area contributed by atoms with Crippen LogP contribution in [0.2, 0.25) is 0 Å². The van der Waals surface area contributed by atoms with Crippen LogP contribution < -0.4 is 14.8 Å². The van der Waals surface area contributed by atoms with E-state index in [1.165, 1.54) is 0 Å². The third-order valence-electron chi connectivity index (χ3n) is 4.53. The molecule has 0 bridgehead atoms. The molecule has 0 aliphatic carbocycles. The molecule has 132 valence electrons. The van der Waals surface area contributed by atoms with Crippen LogP contribution in [0.25, 0.3) is 22.3 Å². The number of hydrogen-bond acceptors (Lipinski definition) is 5. The van der Waals surface area contributed by atoms with Crippen molar-refractivity contribution in [3.05, 3.63) is 78.4 Å². The van der Waals surface area contributed by atoms with Gasteiger partial charge in [0.1, 0.15) is 5.82 Å². The van der Waals surface area contributed by atoms with Gasteiger partial charge in [-0.2, -0.15) is 0 Å². The molecule has 0 amide bonds. The number of hydrogen-bond donors (Lipinski definition) is 1. The molecule has 4 aromatic rings. The van der Waals surface area contributed by atoms with Crippen LogP contribution in [0, 0.1) is 0 Å². The first-order valence-electron chi connectivity index (χ1n) is 8.81. The molecule has 5 rings (SSSR count). The summed E-state index contributed by atoms with van der Waals surface area (Å²) >= 11 is 0. The smallest absolute Gasteiger partial charge is 0.231 e. The van der Waals surface area contributed by atoms with Gasteiger partial charge in [0.15, 0.2) is 17.3 Å². The summed E-state index contributed by atoms with van der Waals surface area (Å²) in [5.74, 6) is 3.10. The van der Waals surface area contributed by atoms with Gasteiger partial charge in [-0.25, -0.2) is 9.97 Å². The van der Waals surface area contributed by atoms with Gasteiger partial charge < -0.3 is 14.8 Å². The Bertz CT molecular complexity index is 1110. The molecule has 1 N–H and O–H groups in total. The fraction of sp³-hybridized carbons (Fsp3) is 0.0909. The number of anilines is 1. The molecular formula is C22H17N3O2. The molecule has 0 radical (unpaired) electrons. The lowest BCUT2D eigenvalue weighted by atomic mass is 10.1. The molecule has 0 saturated carbocycles. The van der Waals surface area contributed by atoms with Crippen LogP contribution in [0.15, 0.2) is 72.8 Å². The molecule has 0 atom stereocenters. The molecule has 3 aromatic carbocycles. The Morgan fingerprint density at radius 3 is 2.56 bits per heavy atom. The van der Waals surface area contributed by atoms with E-state index in [-0.39, 0.29) is 6.79 Å². The Kier molecular flexibility index (Phi) is 3.83. The number of fused-ring (bicyclic) bond motifs is 2. The maximum absolute atomic E-state index is 5.46. The van der Waals surface area contributed by atoms with Gasteiger partial charge in [-0.1, -0.05) is 48.5 Å². The first kappa shape index (κ1) is 15.6. The van der Waals surface area contributed by atoms with Gasteiger partial charge in [-0.15, -0.1) is 0 Å². The lowest BCUT2D eigenvalue weighted by Gasteiger charge is -2.11. The van der Waals surface area contributed by atoms with Gasteiger partial charge >= 0.3 is 0 Å². The molecule has 0 saturated heterocycles. The summed E-state index contributed by atoms with van der Waals surface area (Å²) in [6.45, 7) is 0.912. The van der Waals surface area contributed by atoms with Crippen molar-refractivity contribution in [3.63, 3.8) is 0 Å². The van der Waals surface area contributed by atoms with Crippen molar-refractivity contribution in [2.75, 3.05) is 12.1 Å². The normalized spacial score (nSPS) is 12.3. The number of para-hydroxylation sites is 1. The molecule has 2 heterocycles. The predicted molar refractivity (Wildman–Crippen MR) is 105 cm³/mol. The van der Waals surface area contributed by atoms with Crippen LogP contribution in [-0.4, -0.2) is 16.8 Å². The topological polar surface area (TPSA) is 56.3 Å². The first-order chi connectivity index (χ1) is 13.4. The molecule has 27 heavy (non-hydrogen) atoms. The van der Waals surface area contributed by atoms with E-state index in [0.717, 1.165) is 39.3 Å². The SMILES string of the molecule is c1ccc(-c2nc(NCc3ccc4c(c3)OCO4)c3ccccc3n2)cc1. The fourth-order valence-electron chi connectivity index (χ4n) is 3.16. The monoisotopic (exact) mass is 355 g/mol. The average Bonchev–Trinajstić information content (AvgIpc) is 3.20. The third-order valence-corrected chi connectivity index (χ3v) is 4.53. The highest BCUT2D eigenvalue weighted by atomic mass is 16.7. The Morgan fingerprint density at radius 1 is 0.815 bits per heavy atom. The van der Waals surface area contributed by atoms with E-state index in [1.807, 2.05) is 72.8 Å². The van der Waals surface area contributed by atoms with Gasteiger partial charge in [-0.05, 0) is 29.8 Å². The second-order valence-electron chi connectivity index (χ2n) is 6.32. The van der Waals surface area contributed by atoms with Crippen LogP contribution in [0.3, 0.4) is 0 Å². The van der Waals surface area contributed by atoms with Crippen molar-refractivity contribution in [2.45, 2.75) is 6.54 Å². The van der Waals surface area contributed by atoms with Crippen LogP contribution in [0.5, 0.6) is 11.5 Å². The number of nitrogens with one attached hydrogen (secondary N) is 1. The van der Waals surface area contributed by atoms with Crippen molar-refractivity contribution < 1.29 is 9.47 Å². The standard InChI is InChI=1S/C22H17N3O2/c1-2-6-16(7-3-1)21-24-18-9-5-4-8-17(18)22(25-21)23-13-15-10-11-19-20(12-15)27-14-26-19/h1-12H,13-14H2,(H,23,24,25). The predicted octanol–water partition coefficient (Wildman–Crippen LogP) is 4.64. The summed E-state index contributed by atoms with van der Waals surface area (Å²) in [7, 11) is 0. The van der Waals surface area contributed by atoms with Crippen LogP contribution in [0.4, 0.5) is 5.82 Å². The molecule has 0 unspecified atom stereocenters. The number of rotatable bonds is 4. The molecule has 1 aliphatic heterocycles. The van der Waals surface area contributed by atoms with Crippen LogP contribution in [0.1, 0.15) is 5.56 Å². The fourth-order valence-corrected chi connectivity index (χ4v) is 3.16. The highest BCUT2D eigenvalue weighted by Crippen LogP contribution is 2.33. The summed E-state index contributed by atoms with van der Waals surface area (Å²) in [4.78, 5) is 9.50. The van der Waals surface area contributed by atoms with Crippen molar-refractivity contribution in [2.24, 2.45) is 0 Å². The number of ether oxygens (including phenoxy) is 2. The van der Waals surface area contributed by atoms with E-state index >= 15 is 0 Å². The lowest BCUT2D eigenvalue weighted by Crippen LogP contribution is -2.04. The maximum Gasteiger partial charge on any atom is 0.231 e. The van der Waals surface area contributed by atoms with Crippen molar-refractivity contribution >= 4 is 16.7 Å². The minimum Gasteiger partial charge on any atom is -0.454 e. The number of aromatic nitrogens is 2. The van der Waals surface area contributed by atoms with E-state index in [1.54, 1.807) is 0 Å². The third kappa shape index (κ3) is 3.04. The van der Waals surface area contributed by atoms with Gasteiger partial charge in [0, 0.05) is 17.5 Å². The van der Waals surface area contributed by atoms with Crippen molar-refractivity contribution in [1.29, 1.82) is 0 Å². The Hall–Kier alpha value is -3.60. The molecule has 5 heteroatoms. The van der Waals surface area contributed by atoms with E-state index in [2.05, 4.69) is 5.32 Å². The molecular weight excluding hydrogens is 338 g/mol. The summed E-state index contributed by atoms with van der Waals surface area (Å²) in [6.07, 6.45) is 0. The quantitative estimate of drug-likeness (QED) is 0.578. The average molecular weight is 355 g/mol. The molecule has 5 nitrogen and oxygen atoms in total. The molecule has 1 aromatic heterocycles. The largest absolute Gasteiger partial charge is 0.454 e. The Labute approximate surface area is 156 Å². The minimum absolute atomic E-state index is 0.281. The lowest BCUT2D eigenvalue weighted by molar-refractivity contribution is 0.174. The van der Waals surface area contributed by atoms with Crippen molar-refractivity contribution in [1.82, 2.24) is 9.97 Å². The van der Waals surface area contributed by atoms with E-state index < -0.39 is 0 Å². The second-order valence-corrected chi connectivity index (χ2v) is 6.32.